The lowest BCUT2D eigenvalue weighted by Crippen LogP contribution is -2.48. The summed E-state index contributed by atoms with van der Waals surface area (Å²) in [4.78, 5) is 23.2. The van der Waals surface area contributed by atoms with Gasteiger partial charge in [-0.25, -0.2) is 0 Å². The van der Waals surface area contributed by atoms with E-state index in [1.165, 1.54) is 0 Å². The molecular formula is C19H19BrN4O2S2. The molecule has 1 aromatic carbocycles. The molecular weight excluding hydrogens is 460 g/mol. The highest BCUT2D eigenvalue weighted by molar-refractivity contribution is 9.10. The maximum Gasteiger partial charge on any atom is 0.241 e. The van der Waals surface area contributed by atoms with Gasteiger partial charge in [-0.15, -0.1) is 23.1 Å². The van der Waals surface area contributed by atoms with Crippen LogP contribution >= 0.6 is 39.0 Å². The predicted octanol–water partition coefficient (Wildman–Crippen LogP) is 4.00. The summed E-state index contributed by atoms with van der Waals surface area (Å²) < 4.78 is 6.42. The molecule has 2 aromatic heterocycles. The summed E-state index contributed by atoms with van der Waals surface area (Å²) in [6.45, 7) is 3.70. The molecule has 3 heterocycles. The second kappa shape index (κ2) is 9.21. The van der Waals surface area contributed by atoms with Gasteiger partial charge in [0.15, 0.2) is 0 Å². The van der Waals surface area contributed by atoms with Crippen LogP contribution in [-0.2, 0) is 11.3 Å². The SMILES string of the molecule is O=C(CSc1ccc(Br)cc1)N1CCN(Cc2nc(-c3cccs3)no2)CC1. The van der Waals surface area contributed by atoms with Gasteiger partial charge in [0, 0.05) is 35.5 Å². The van der Waals surface area contributed by atoms with Crippen molar-refractivity contribution in [1.29, 1.82) is 0 Å². The van der Waals surface area contributed by atoms with E-state index in [9.17, 15) is 4.79 Å². The molecule has 3 aromatic rings. The Balaban J connectivity index is 1.23. The second-order valence-corrected chi connectivity index (χ2v) is 9.30. The van der Waals surface area contributed by atoms with Crippen molar-refractivity contribution >= 4 is 44.9 Å². The molecule has 1 saturated heterocycles. The number of nitrogens with zero attached hydrogens (tertiary/aromatic N) is 4. The van der Waals surface area contributed by atoms with Crippen molar-refractivity contribution in [3.05, 3.63) is 52.1 Å². The number of amides is 1. The molecule has 0 radical (unpaired) electrons. The fourth-order valence-electron chi connectivity index (χ4n) is 2.94. The largest absolute Gasteiger partial charge is 0.339 e. The van der Waals surface area contributed by atoms with E-state index >= 15 is 0 Å². The average molecular weight is 479 g/mol. The summed E-state index contributed by atoms with van der Waals surface area (Å²) in [5.74, 6) is 1.92. The van der Waals surface area contributed by atoms with Crippen LogP contribution in [0, 0.1) is 0 Å². The van der Waals surface area contributed by atoms with Gasteiger partial charge in [-0.1, -0.05) is 27.2 Å². The number of aromatic nitrogens is 2. The Bertz CT molecular complexity index is 906. The lowest BCUT2D eigenvalue weighted by atomic mass is 10.3. The zero-order valence-electron chi connectivity index (χ0n) is 15.1. The maximum atomic E-state index is 12.5. The first kappa shape index (κ1) is 19.6. The number of thioether (sulfide) groups is 1. The fourth-order valence-corrected chi connectivity index (χ4v) is 4.65. The fraction of sp³-hybridized carbons (Fsp3) is 0.316. The third kappa shape index (κ3) is 5.02. The molecule has 9 heteroatoms. The van der Waals surface area contributed by atoms with Crippen molar-refractivity contribution in [2.24, 2.45) is 0 Å². The van der Waals surface area contributed by atoms with Crippen LogP contribution in [0.4, 0.5) is 0 Å². The molecule has 0 spiro atoms. The Morgan fingerprint density at radius 2 is 1.96 bits per heavy atom. The lowest BCUT2D eigenvalue weighted by Gasteiger charge is -2.33. The van der Waals surface area contributed by atoms with Crippen LogP contribution in [0.2, 0.25) is 0 Å². The van der Waals surface area contributed by atoms with Crippen molar-refractivity contribution in [3.63, 3.8) is 0 Å². The van der Waals surface area contributed by atoms with E-state index in [-0.39, 0.29) is 5.91 Å². The monoisotopic (exact) mass is 478 g/mol. The van der Waals surface area contributed by atoms with Gasteiger partial charge in [0.05, 0.1) is 17.2 Å². The van der Waals surface area contributed by atoms with Crippen molar-refractivity contribution < 1.29 is 9.32 Å². The summed E-state index contributed by atoms with van der Waals surface area (Å²) in [6.07, 6.45) is 0. The highest BCUT2D eigenvalue weighted by atomic mass is 79.9. The summed E-state index contributed by atoms with van der Waals surface area (Å²) in [6, 6.07) is 12.0. The van der Waals surface area contributed by atoms with E-state index in [0.29, 0.717) is 24.0 Å². The number of thiophene rings is 1. The summed E-state index contributed by atoms with van der Waals surface area (Å²) >= 11 is 6.60. The number of rotatable bonds is 6. The van der Waals surface area contributed by atoms with Crippen LogP contribution in [0.5, 0.6) is 0 Å². The highest BCUT2D eigenvalue weighted by Crippen LogP contribution is 2.23. The third-order valence-corrected chi connectivity index (χ3v) is 6.86. The first-order valence-electron chi connectivity index (χ1n) is 8.92. The number of halogens is 1. The maximum absolute atomic E-state index is 12.5. The Hall–Kier alpha value is -1.68. The van der Waals surface area contributed by atoms with Crippen LogP contribution in [-0.4, -0.2) is 57.8 Å². The molecule has 0 unspecified atom stereocenters. The van der Waals surface area contributed by atoms with Crippen molar-refractivity contribution in [3.8, 4) is 10.7 Å². The van der Waals surface area contributed by atoms with Crippen molar-refractivity contribution in [1.82, 2.24) is 19.9 Å². The van der Waals surface area contributed by atoms with Gasteiger partial charge in [0.25, 0.3) is 0 Å². The molecule has 146 valence electrons. The first-order chi connectivity index (χ1) is 13.7. The van der Waals surface area contributed by atoms with Gasteiger partial charge in [-0.3, -0.25) is 9.69 Å². The molecule has 1 amide bonds. The summed E-state index contributed by atoms with van der Waals surface area (Å²) in [7, 11) is 0. The predicted molar refractivity (Wildman–Crippen MR) is 114 cm³/mol. The normalized spacial score (nSPS) is 15.1. The molecule has 1 aliphatic rings. The van der Waals surface area contributed by atoms with Gasteiger partial charge < -0.3 is 9.42 Å². The molecule has 0 N–H and O–H groups in total. The van der Waals surface area contributed by atoms with Gasteiger partial charge in [-0.2, -0.15) is 4.98 Å². The first-order valence-corrected chi connectivity index (χ1v) is 11.6. The van der Waals surface area contributed by atoms with E-state index in [1.807, 2.05) is 46.7 Å². The van der Waals surface area contributed by atoms with E-state index < -0.39 is 0 Å². The average Bonchev–Trinajstić information content (AvgIpc) is 3.40. The van der Waals surface area contributed by atoms with Crippen LogP contribution in [0.15, 0.2) is 55.7 Å². The molecule has 0 aliphatic carbocycles. The van der Waals surface area contributed by atoms with E-state index in [4.69, 9.17) is 4.52 Å². The minimum Gasteiger partial charge on any atom is -0.339 e. The topological polar surface area (TPSA) is 62.5 Å². The van der Waals surface area contributed by atoms with Gasteiger partial charge >= 0.3 is 0 Å². The Kier molecular flexibility index (Phi) is 6.46. The zero-order valence-corrected chi connectivity index (χ0v) is 18.3. The number of benzene rings is 1. The van der Waals surface area contributed by atoms with Crippen LogP contribution in [0.1, 0.15) is 5.89 Å². The Labute approximate surface area is 180 Å². The van der Waals surface area contributed by atoms with Crippen LogP contribution < -0.4 is 0 Å². The molecule has 0 bridgehead atoms. The van der Waals surface area contributed by atoms with Crippen LogP contribution in [0.3, 0.4) is 0 Å². The van der Waals surface area contributed by atoms with E-state index in [1.54, 1.807) is 23.1 Å². The number of hydrogen-bond acceptors (Lipinski definition) is 7. The van der Waals surface area contributed by atoms with E-state index in [2.05, 4.69) is 31.0 Å². The molecule has 28 heavy (non-hydrogen) atoms. The van der Waals surface area contributed by atoms with Crippen molar-refractivity contribution in [2.45, 2.75) is 11.4 Å². The highest BCUT2D eigenvalue weighted by Gasteiger charge is 2.22. The standard InChI is InChI=1S/C19H19BrN4O2S2/c20-14-3-5-15(6-4-14)28-13-18(25)24-9-7-23(8-10-24)12-17-21-19(22-26-17)16-2-1-11-27-16/h1-6,11H,7-10,12-13H2. The molecule has 4 rings (SSSR count). The molecule has 1 fully saturated rings. The molecule has 0 saturated carbocycles. The Morgan fingerprint density at radius 3 is 2.68 bits per heavy atom. The Morgan fingerprint density at radius 1 is 1.18 bits per heavy atom. The van der Waals surface area contributed by atoms with Gasteiger partial charge in [-0.05, 0) is 35.7 Å². The van der Waals surface area contributed by atoms with Gasteiger partial charge in [0.1, 0.15) is 0 Å². The minimum absolute atomic E-state index is 0.186. The number of hydrogen-bond donors (Lipinski definition) is 0. The van der Waals surface area contributed by atoms with E-state index in [0.717, 1.165) is 40.4 Å². The zero-order chi connectivity index (χ0) is 19.3. The number of carbonyl (C=O) groups is 1. The number of carbonyl (C=O) groups excluding carboxylic acids is 1. The minimum atomic E-state index is 0.186. The smallest absolute Gasteiger partial charge is 0.241 e. The quantitative estimate of drug-likeness (QED) is 0.499. The third-order valence-electron chi connectivity index (χ3n) is 4.47. The number of piperazine rings is 1. The van der Waals surface area contributed by atoms with Gasteiger partial charge in [0.2, 0.25) is 17.6 Å². The molecule has 0 atom stereocenters. The lowest BCUT2D eigenvalue weighted by molar-refractivity contribution is -0.130. The molecule has 1 aliphatic heterocycles. The van der Waals surface area contributed by atoms with Crippen molar-refractivity contribution in [2.75, 3.05) is 31.9 Å². The summed E-state index contributed by atoms with van der Waals surface area (Å²) in [5, 5.41) is 6.05. The molecule has 6 nitrogen and oxygen atoms in total. The van der Waals surface area contributed by atoms with Crippen LogP contribution in [0.25, 0.3) is 10.7 Å². The second-order valence-electron chi connectivity index (χ2n) is 6.39. The summed E-state index contributed by atoms with van der Waals surface area (Å²) in [5.41, 5.74) is 0.